The van der Waals surface area contributed by atoms with Crippen LogP contribution in [-0.4, -0.2) is 26.2 Å². The summed E-state index contributed by atoms with van der Waals surface area (Å²) in [5, 5.41) is 8.01. The minimum Gasteiger partial charge on any atom is -0.490 e. The van der Waals surface area contributed by atoms with Crippen LogP contribution in [0.25, 0.3) is 0 Å². The molecule has 0 unspecified atom stereocenters. The Morgan fingerprint density at radius 1 is 0.889 bits per heavy atom. The smallest absolute Gasteiger partial charge is 0.180 e. The maximum absolute atomic E-state index is 6.48. The van der Waals surface area contributed by atoms with Gasteiger partial charge in [0.15, 0.2) is 11.5 Å². The minimum atomic E-state index is 0.402. The zero-order valence-electron chi connectivity index (χ0n) is 16.0. The molecule has 0 heterocycles. The van der Waals surface area contributed by atoms with E-state index in [0.29, 0.717) is 34.8 Å². The predicted molar refractivity (Wildman–Crippen MR) is 113 cm³/mol. The van der Waals surface area contributed by atoms with Crippen LogP contribution in [-0.2, 0) is 13.2 Å². The van der Waals surface area contributed by atoms with E-state index >= 15 is 0 Å². The lowest BCUT2D eigenvalue weighted by Crippen LogP contribution is -2.21. The summed E-state index contributed by atoms with van der Waals surface area (Å²) in [6.45, 7) is 8.72. The molecule has 0 fully saturated rings. The summed E-state index contributed by atoms with van der Waals surface area (Å²) in [7, 11) is 0. The fraction of sp³-hybridized carbons (Fsp3) is 0.429. The summed E-state index contributed by atoms with van der Waals surface area (Å²) >= 11 is 12.4. The standard InChI is InChI=1S/C21H28Cl2N2O2/c1-3-24-10-5-11-25-14-17-12-19(23)21(20(13-17)26-4-2)27-15-16-6-8-18(22)9-7-16/h6-9,12-13,24-25H,3-5,10-11,14-15H2,1-2H3. The summed E-state index contributed by atoms with van der Waals surface area (Å²) in [4.78, 5) is 0. The molecule has 2 aromatic rings. The highest BCUT2D eigenvalue weighted by molar-refractivity contribution is 6.32. The van der Waals surface area contributed by atoms with Crippen LogP contribution in [0.3, 0.4) is 0 Å². The molecular formula is C21H28Cl2N2O2. The molecule has 148 valence electrons. The summed E-state index contributed by atoms with van der Waals surface area (Å²) < 4.78 is 11.7. The van der Waals surface area contributed by atoms with Gasteiger partial charge in [-0.25, -0.2) is 0 Å². The number of nitrogens with one attached hydrogen (secondary N) is 2. The molecule has 0 amide bonds. The van der Waals surface area contributed by atoms with Gasteiger partial charge in [-0.15, -0.1) is 0 Å². The van der Waals surface area contributed by atoms with E-state index in [-0.39, 0.29) is 0 Å². The molecule has 0 aliphatic carbocycles. The number of ether oxygens (including phenoxy) is 2. The highest BCUT2D eigenvalue weighted by Gasteiger charge is 2.13. The largest absolute Gasteiger partial charge is 0.490 e. The molecule has 2 aromatic carbocycles. The van der Waals surface area contributed by atoms with Crippen LogP contribution < -0.4 is 20.1 Å². The van der Waals surface area contributed by atoms with Gasteiger partial charge in [0.2, 0.25) is 0 Å². The Kier molecular flexibility index (Phi) is 9.78. The molecule has 0 bridgehead atoms. The molecule has 6 heteroatoms. The lowest BCUT2D eigenvalue weighted by atomic mass is 10.2. The fourth-order valence-corrected chi connectivity index (χ4v) is 3.02. The fourth-order valence-electron chi connectivity index (χ4n) is 2.61. The SMILES string of the molecule is CCNCCCNCc1cc(Cl)c(OCc2ccc(Cl)cc2)c(OCC)c1. The van der Waals surface area contributed by atoms with E-state index in [1.807, 2.05) is 43.3 Å². The van der Waals surface area contributed by atoms with Gasteiger partial charge in [0, 0.05) is 11.6 Å². The number of benzene rings is 2. The highest BCUT2D eigenvalue weighted by atomic mass is 35.5. The minimum absolute atomic E-state index is 0.402. The Bertz CT molecular complexity index is 693. The van der Waals surface area contributed by atoms with Gasteiger partial charge in [0.25, 0.3) is 0 Å². The van der Waals surface area contributed by atoms with Crippen molar-refractivity contribution < 1.29 is 9.47 Å². The van der Waals surface area contributed by atoms with Crippen LogP contribution in [0, 0.1) is 0 Å². The topological polar surface area (TPSA) is 42.5 Å². The Balaban J connectivity index is 1.98. The van der Waals surface area contributed by atoms with Crippen molar-refractivity contribution in [1.82, 2.24) is 10.6 Å². The number of halogens is 2. The molecule has 0 aliphatic rings. The normalized spacial score (nSPS) is 10.8. The Morgan fingerprint density at radius 3 is 2.33 bits per heavy atom. The van der Waals surface area contributed by atoms with Gasteiger partial charge in [-0.2, -0.15) is 0 Å². The van der Waals surface area contributed by atoms with Crippen molar-refractivity contribution in [2.75, 3.05) is 26.2 Å². The average molecular weight is 411 g/mol. The number of hydrogen-bond donors (Lipinski definition) is 2. The summed E-state index contributed by atoms with van der Waals surface area (Å²) in [5.74, 6) is 1.24. The third kappa shape index (κ3) is 7.59. The van der Waals surface area contributed by atoms with Crippen molar-refractivity contribution in [2.24, 2.45) is 0 Å². The second-order valence-corrected chi connectivity index (χ2v) is 6.98. The van der Waals surface area contributed by atoms with E-state index in [2.05, 4.69) is 17.6 Å². The van der Waals surface area contributed by atoms with Gasteiger partial charge in [-0.1, -0.05) is 42.3 Å². The van der Waals surface area contributed by atoms with Crippen LogP contribution in [0.1, 0.15) is 31.4 Å². The van der Waals surface area contributed by atoms with Gasteiger partial charge in [-0.05, 0) is 68.4 Å². The maximum Gasteiger partial charge on any atom is 0.180 e. The molecule has 0 saturated heterocycles. The molecule has 0 aliphatic heterocycles. The van der Waals surface area contributed by atoms with Crippen molar-refractivity contribution in [3.8, 4) is 11.5 Å². The van der Waals surface area contributed by atoms with Gasteiger partial charge in [-0.3, -0.25) is 0 Å². The third-order valence-electron chi connectivity index (χ3n) is 3.95. The second-order valence-electron chi connectivity index (χ2n) is 6.14. The predicted octanol–water partition coefficient (Wildman–Crippen LogP) is 5.06. The van der Waals surface area contributed by atoms with Crippen molar-refractivity contribution in [3.05, 3.63) is 57.6 Å². The summed E-state index contributed by atoms with van der Waals surface area (Å²) in [6.07, 6.45) is 1.09. The van der Waals surface area contributed by atoms with Gasteiger partial charge < -0.3 is 20.1 Å². The van der Waals surface area contributed by atoms with Crippen LogP contribution in [0.5, 0.6) is 11.5 Å². The zero-order valence-corrected chi connectivity index (χ0v) is 17.5. The molecule has 0 aromatic heterocycles. The number of rotatable bonds is 12. The second kappa shape index (κ2) is 12.1. The Hall–Kier alpha value is -1.46. The Labute approximate surface area is 172 Å². The molecule has 2 N–H and O–H groups in total. The summed E-state index contributed by atoms with van der Waals surface area (Å²) in [6, 6.07) is 11.5. The van der Waals surface area contributed by atoms with Crippen molar-refractivity contribution in [2.45, 2.75) is 33.4 Å². The van der Waals surface area contributed by atoms with Gasteiger partial charge in [0.05, 0.1) is 11.6 Å². The first-order valence-corrected chi connectivity index (χ1v) is 10.1. The first-order valence-electron chi connectivity index (χ1n) is 9.38. The highest BCUT2D eigenvalue weighted by Crippen LogP contribution is 2.37. The monoisotopic (exact) mass is 410 g/mol. The first-order chi connectivity index (χ1) is 13.1. The van der Waals surface area contributed by atoms with Crippen molar-refractivity contribution in [1.29, 1.82) is 0 Å². The molecular weight excluding hydrogens is 383 g/mol. The van der Waals surface area contributed by atoms with E-state index < -0.39 is 0 Å². The molecule has 2 rings (SSSR count). The lowest BCUT2D eigenvalue weighted by molar-refractivity contribution is 0.269. The lowest BCUT2D eigenvalue weighted by Gasteiger charge is -2.16. The van der Waals surface area contributed by atoms with Gasteiger partial charge >= 0.3 is 0 Å². The van der Waals surface area contributed by atoms with Crippen LogP contribution >= 0.6 is 23.2 Å². The Morgan fingerprint density at radius 2 is 1.63 bits per heavy atom. The average Bonchev–Trinajstić information content (AvgIpc) is 2.65. The quantitative estimate of drug-likeness (QED) is 0.479. The van der Waals surface area contributed by atoms with Crippen LogP contribution in [0.15, 0.2) is 36.4 Å². The van der Waals surface area contributed by atoms with E-state index in [9.17, 15) is 0 Å². The number of hydrogen-bond acceptors (Lipinski definition) is 4. The molecule has 0 saturated carbocycles. The third-order valence-corrected chi connectivity index (χ3v) is 4.48. The zero-order chi connectivity index (χ0) is 19.5. The van der Waals surface area contributed by atoms with Crippen LogP contribution in [0.4, 0.5) is 0 Å². The van der Waals surface area contributed by atoms with Crippen LogP contribution in [0.2, 0.25) is 10.0 Å². The first kappa shape index (κ1) is 21.8. The van der Waals surface area contributed by atoms with E-state index in [1.165, 1.54) is 0 Å². The molecule has 0 spiro atoms. The van der Waals surface area contributed by atoms with Gasteiger partial charge in [0.1, 0.15) is 6.61 Å². The van der Waals surface area contributed by atoms with Crippen molar-refractivity contribution in [3.63, 3.8) is 0 Å². The molecule has 0 atom stereocenters. The molecule has 4 nitrogen and oxygen atoms in total. The van der Waals surface area contributed by atoms with Crippen molar-refractivity contribution >= 4 is 23.2 Å². The maximum atomic E-state index is 6.48. The molecule has 27 heavy (non-hydrogen) atoms. The van der Waals surface area contributed by atoms with E-state index in [0.717, 1.165) is 43.7 Å². The summed E-state index contributed by atoms with van der Waals surface area (Å²) in [5.41, 5.74) is 2.09. The molecule has 0 radical (unpaired) electrons. The van der Waals surface area contributed by atoms with E-state index in [1.54, 1.807) is 0 Å². The van der Waals surface area contributed by atoms with E-state index in [4.69, 9.17) is 32.7 Å².